The van der Waals surface area contributed by atoms with Crippen molar-refractivity contribution in [2.75, 3.05) is 11.9 Å². The Morgan fingerprint density at radius 1 is 1.15 bits per heavy atom. The van der Waals surface area contributed by atoms with Crippen LogP contribution in [0.5, 0.6) is 0 Å². The second-order valence-corrected chi connectivity index (χ2v) is 4.57. The minimum absolute atomic E-state index is 0.0687. The molecule has 1 heterocycles. The van der Waals surface area contributed by atoms with Crippen molar-refractivity contribution in [2.24, 2.45) is 0 Å². The molecule has 0 radical (unpaired) electrons. The summed E-state index contributed by atoms with van der Waals surface area (Å²) in [6.07, 6.45) is 1.92. The maximum atomic E-state index is 12.3. The lowest BCUT2D eigenvalue weighted by molar-refractivity contribution is 0.101. The predicted octanol–water partition coefficient (Wildman–Crippen LogP) is 2.87. The first-order valence-corrected chi connectivity index (χ1v) is 7.01. The third-order valence-corrected chi connectivity index (χ3v) is 3.23. The van der Waals surface area contributed by atoms with Crippen LogP contribution in [0.15, 0.2) is 42.6 Å². The average Bonchev–Trinajstić information content (AvgIpc) is 2.95. The number of anilines is 1. The van der Waals surface area contributed by atoms with Crippen LogP contribution >= 0.6 is 0 Å². The quantitative estimate of drug-likeness (QED) is 0.848. The molecule has 1 amide bonds. The SMILES string of the molecule is CCNCc1ccccc1NC(=O)c1cccn1CC. The van der Waals surface area contributed by atoms with Gasteiger partial charge in [-0.1, -0.05) is 25.1 Å². The molecule has 0 bridgehead atoms. The minimum Gasteiger partial charge on any atom is -0.344 e. The Labute approximate surface area is 119 Å². The number of aromatic nitrogens is 1. The predicted molar refractivity (Wildman–Crippen MR) is 81.9 cm³/mol. The molecule has 0 aliphatic heterocycles. The lowest BCUT2D eigenvalue weighted by Crippen LogP contribution is -2.19. The molecule has 0 aliphatic carbocycles. The van der Waals surface area contributed by atoms with E-state index in [0.717, 1.165) is 30.9 Å². The third kappa shape index (κ3) is 3.27. The van der Waals surface area contributed by atoms with Crippen LogP contribution in [0, 0.1) is 0 Å². The molecular formula is C16H21N3O. The van der Waals surface area contributed by atoms with Gasteiger partial charge in [0.05, 0.1) is 0 Å². The Morgan fingerprint density at radius 2 is 1.95 bits per heavy atom. The molecule has 106 valence electrons. The number of nitrogens with zero attached hydrogens (tertiary/aromatic N) is 1. The summed E-state index contributed by atoms with van der Waals surface area (Å²) >= 11 is 0. The molecule has 0 saturated carbocycles. The Bertz CT molecular complexity index is 575. The zero-order valence-electron chi connectivity index (χ0n) is 12.0. The first-order chi connectivity index (χ1) is 9.76. The largest absolute Gasteiger partial charge is 0.344 e. The van der Waals surface area contributed by atoms with Crippen molar-refractivity contribution < 1.29 is 4.79 Å². The highest BCUT2D eigenvalue weighted by molar-refractivity contribution is 6.03. The van der Waals surface area contributed by atoms with Gasteiger partial charge in [0, 0.05) is 25.0 Å². The van der Waals surface area contributed by atoms with Crippen LogP contribution in [-0.2, 0) is 13.1 Å². The molecule has 0 fully saturated rings. The van der Waals surface area contributed by atoms with E-state index in [1.807, 2.05) is 54.1 Å². The van der Waals surface area contributed by atoms with Crippen molar-refractivity contribution in [3.8, 4) is 0 Å². The van der Waals surface area contributed by atoms with E-state index < -0.39 is 0 Å². The Kier molecular flexibility index (Phi) is 4.96. The average molecular weight is 271 g/mol. The lowest BCUT2D eigenvalue weighted by atomic mass is 10.1. The number of carbonyl (C=O) groups excluding carboxylic acids is 1. The van der Waals surface area contributed by atoms with E-state index in [4.69, 9.17) is 0 Å². The third-order valence-electron chi connectivity index (χ3n) is 3.23. The fraction of sp³-hybridized carbons (Fsp3) is 0.312. The van der Waals surface area contributed by atoms with Gasteiger partial charge in [-0.25, -0.2) is 0 Å². The molecule has 0 atom stereocenters. The van der Waals surface area contributed by atoms with Crippen molar-refractivity contribution >= 4 is 11.6 Å². The van der Waals surface area contributed by atoms with Gasteiger partial charge in [-0.05, 0) is 37.2 Å². The van der Waals surface area contributed by atoms with Gasteiger partial charge in [0.2, 0.25) is 0 Å². The molecule has 2 rings (SSSR count). The van der Waals surface area contributed by atoms with Crippen molar-refractivity contribution in [2.45, 2.75) is 26.9 Å². The monoisotopic (exact) mass is 271 g/mol. The smallest absolute Gasteiger partial charge is 0.272 e. The van der Waals surface area contributed by atoms with E-state index in [2.05, 4.69) is 17.6 Å². The zero-order chi connectivity index (χ0) is 14.4. The van der Waals surface area contributed by atoms with E-state index in [0.29, 0.717) is 5.69 Å². The van der Waals surface area contributed by atoms with Crippen molar-refractivity contribution in [3.05, 3.63) is 53.9 Å². The molecule has 0 spiro atoms. The van der Waals surface area contributed by atoms with Gasteiger partial charge in [0.15, 0.2) is 0 Å². The van der Waals surface area contributed by atoms with E-state index >= 15 is 0 Å². The van der Waals surface area contributed by atoms with Crippen LogP contribution < -0.4 is 10.6 Å². The van der Waals surface area contributed by atoms with Crippen LogP contribution in [0.2, 0.25) is 0 Å². The fourth-order valence-electron chi connectivity index (χ4n) is 2.14. The molecule has 2 aromatic rings. The number of benzene rings is 1. The summed E-state index contributed by atoms with van der Waals surface area (Å²) < 4.78 is 1.93. The second-order valence-electron chi connectivity index (χ2n) is 4.57. The number of hydrogen-bond acceptors (Lipinski definition) is 2. The molecule has 1 aromatic heterocycles. The van der Waals surface area contributed by atoms with Crippen LogP contribution in [0.25, 0.3) is 0 Å². The first kappa shape index (κ1) is 14.3. The number of amides is 1. The number of aryl methyl sites for hydroxylation is 1. The molecule has 2 N–H and O–H groups in total. The molecule has 4 nitrogen and oxygen atoms in total. The number of nitrogens with one attached hydrogen (secondary N) is 2. The standard InChI is InChI=1S/C16H21N3O/c1-3-17-12-13-8-5-6-9-14(13)18-16(20)15-10-7-11-19(15)4-2/h5-11,17H,3-4,12H2,1-2H3,(H,18,20). The molecule has 0 aliphatic rings. The van der Waals surface area contributed by atoms with Gasteiger partial charge in [-0.2, -0.15) is 0 Å². The molecule has 4 heteroatoms. The molecular weight excluding hydrogens is 250 g/mol. The Balaban J connectivity index is 2.15. The summed E-state index contributed by atoms with van der Waals surface area (Å²) in [6, 6.07) is 11.6. The van der Waals surface area contributed by atoms with Gasteiger partial charge < -0.3 is 15.2 Å². The highest BCUT2D eigenvalue weighted by atomic mass is 16.1. The highest BCUT2D eigenvalue weighted by Crippen LogP contribution is 2.16. The van der Waals surface area contributed by atoms with E-state index in [-0.39, 0.29) is 5.91 Å². The first-order valence-electron chi connectivity index (χ1n) is 7.01. The van der Waals surface area contributed by atoms with Gasteiger partial charge in [-0.3, -0.25) is 4.79 Å². The summed E-state index contributed by atoms with van der Waals surface area (Å²) in [5, 5.41) is 6.28. The normalized spacial score (nSPS) is 10.5. The maximum absolute atomic E-state index is 12.3. The Hall–Kier alpha value is -2.07. The number of para-hydroxylation sites is 1. The van der Waals surface area contributed by atoms with Gasteiger partial charge in [0.25, 0.3) is 5.91 Å². The van der Waals surface area contributed by atoms with E-state index in [1.165, 1.54) is 0 Å². The molecule has 1 aromatic carbocycles. The second kappa shape index (κ2) is 6.91. The van der Waals surface area contributed by atoms with Crippen LogP contribution in [-0.4, -0.2) is 17.0 Å². The summed E-state index contributed by atoms with van der Waals surface area (Å²) in [6.45, 7) is 6.53. The highest BCUT2D eigenvalue weighted by Gasteiger charge is 2.11. The molecule has 0 saturated heterocycles. The Morgan fingerprint density at radius 3 is 2.70 bits per heavy atom. The summed E-state index contributed by atoms with van der Waals surface area (Å²) in [4.78, 5) is 12.3. The topological polar surface area (TPSA) is 46.1 Å². The van der Waals surface area contributed by atoms with Crippen LogP contribution in [0.4, 0.5) is 5.69 Å². The van der Waals surface area contributed by atoms with Crippen molar-refractivity contribution in [1.82, 2.24) is 9.88 Å². The van der Waals surface area contributed by atoms with Gasteiger partial charge in [0.1, 0.15) is 5.69 Å². The molecule has 0 unspecified atom stereocenters. The lowest BCUT2D eigenvalue weighted by Gasteiger charge is -2.12. The molecule has 20 heavy (non-hydrogen) atoms. The summed E-state index contributed by atoms with van der Waals surface area (Å²) in [7, 11) is 0. The zero-order valence-corrected chi connectivity index (χ0v) is 12.0. The number of hydrogen-bond donors (Lipinski definition) is 2. The van der Waals surface area contributed by atoms with Gasteiger partial charge in [-0.15, -0.1) is 0 Å². The summed E-state index contributed by atoms with van der Waals surface area (Å²) in [5.41, 5.74) is 2.64. The number of carbonyl (C=O) groups is 1. The van der Waals surface area contributed by atoms with E-state index in [9.17, 15) is 4.79 Å². The van der Waals surface area contributed by atoms with Gasteiger partial charge >= 0.3 is 0 Å². The van der Waals surface area contributed by atoms with E-state index in [1.54, 1.807) is 0 Å². The van der Waals surface area contributed by atoms with Crippen molar-refractivity contribution in [1.29, 1.82) is 0 Å². The maximum Gasteiger partial charge on any atom is 0.272 e. The van der Waals surface area contributed by atoms with Crippen molar-refractivity contribution in [3.63, 3.8) is 0 Å². The summed E-state index contributed by atoms with van der Waals surface area (Å²) in [5.74, 6) is -0.0687. The number of rotatable bonds is 6. The fourth-order valence-corrected chi connectivity index (χ4v) is 2.14. The van der Waals surface area contributed by atoms with Crippen LogP contribution in [0.3, 0.4) is 0 Å². The minimum atomic E-state index is -0.0687. The van der Waals surface area contributed by atoms with Crippen LogP contribution in [0.1, 0.15) is 29.9 Å².